The summed E-state index contributed by atoms with van der Waals surface area (Å²) in [7, 11) is 0. The maximum atomic E-state index is 12.8. The summed E-state index contributed by atoms with van der Waals surface area (Å²) >= 11 is 0. The van der Waals surface area contributed by atoms with Crippen LogP contribution in [0, 0.1) is 5.92 Å². The quantitative estimate of drug-likeness (QED) is 0.745. The molecule has 2 N–H and O–H groups in total. The predicted octanol–water partition coefficient (Wildman–Crippen LogP) is 2.32. The van der Waals surface area contributed by atoms with E-state index in [1.165, 1.54) is 32.1 Å². The lowest BCUT2D eigenvalue weighted by Crippen LogP contribution is -2.58. The molecule has 1 aliphatic heterocycles. The number of nitrogens with one attached hydrogen (secondary N) is 1. The van der Waals surface area contributed by atoms with Gasteiger partial charge in [0.15, 0.2) is 5.60 Å². The van der Waals surface area contributed by atoms with Crippen LogP contribution in [0.25, 0.3) is 0 Å². The maximum Gasteiger partial charge on any atom is 0.255 e. The van der Waals surface area contributed by atoms with Crippen molar-refractivity contribution in [2.45, 2.75) is 77.0 Å². The van der Waals surface area contributed by atoms with Gasteiger partial charge in [0.25, 0.3) is 5.91 Å². The Balaban J connectivity index is 1.46. The van der Waals surface area contributed by atoms with Gasteiger partial charge < -0.3 is 15.3 Å². The van der Waals surface area contributed by atoms with Crippen LogP contribution in [0.2, 0.25) is 0 Å². The number of piperidine rings is 1. The summed E-state index contributed by atoms with van der Waals surface area (Å²) in [5, 5.41) is 18.4. The fourth-order valence-corrected chi connectivity index (χ4v) is 4.34. The van der Waals surface area contributed by atoms with Crippen molar-refractivity contribution in [3.8, 4) is 0 Å². The number of aromatic nitrogens is 2. The zero-order valence-corrected chi connectivity index (χ0v) is 16.1. The topological polar surface area (TPSA) is 70.4 Å². The number of hydrogen-bond acceptors (Lipinski definition) is 4. The molecule has 0 unspecified atom stereocenters. The SMILES string of the molecule is CCn1cc(CNC[C@@]2(O)CCCN(CCC3CCCCC3)C2=O)cn1. The van der Waals surface area contributed by atoms with Gasteiger partial charge in [-0.05, 0) is 32.1 Å². The molecule has 1 saturated carbocycles. The zero-order chi connectivity index (χ0) is 18.4. The number of carbonyl (C=O) groups is 1. The third-order valence-corrected chi connectivity index (χ3v) is 5.99. The molecule has 1 aliphatic carbocycles. The van der Waals surface area contributed by atoms with Crippen LogP contribution < -0.4 is 5.32 Å². The molecule has 6 heteroatoms. The number of likely N-dealkylation sites (tertiary alicyclic amines) is 1. The first-order valence-corrected chi connectivity index (χ1v) is 10.3. The first-order valence-electron chi connectivity index (χ1n) is 10.3. The second-order valence-electron chi connectivity index (χ2n) is 8.03. The van der Waals surface area contributed by atoms with Crippen LogP contribution in [-0.4, -0.2) is 50.9 Å². The molecule has 1 atom stereocenters. The first kappa shape index (κ1) is 19.4. The standard InChI is InChI=1S/C20H34N4O2/c1-2-24-15-18(14-22-24)13-21-16-20(26)10-6-11-23(19(20)25)12-9-17-7-4-3-5-8-17/h14-15,17,21,26H,2-13,16H2,1H3/t20-/m0/s1. The Morgan fingerprint density at radius 1 is 1.31 bits per heavy atom. The fraction of sp³-hybridized carbons (Fsp3) is 0.800. The summed E-state index contributed by atoms with van der Waals surface area (Å²) in [5.74, 6) is 0.677. The number of aryl methyl sites for hydroxylation is 1. The number of aliphatic hydroxyl groups is 1. The zero-order valence-electron chi connectivity index (χ0n) is 16.1. The molecule has 1 saturated heterocycles. The molecule has 2 fully saturated rings. The van der Waals surface area contributed by atoms with E-state index in [9.17, 15) is 9.90 Å². The first-order chi connectivity index (χ1) is 12.6. The van der Waals surface area contributed by atoms with Gasteiger partial charge >= 0.3 is 0 Å². The number of nitrogens with zero attached hydrogens (tertiary/aromatic N) is 3. The summed E-state index contributed by atoms with van der Waals surface area (Å²) in [5.41, 5.74) is -0.182. The third-order valence-electron chi connectivity index (χ3n) is 5.99. The fourth-order valence-electron chi connectivity index (χ4n) is 4.34. The minimum absolute atomic E-state index is 0.0867. The van der Waals surface area contributed by atoms with Gasteiger partial charge in [0.2, 0.25) is 0 Å². The highest BCUT2D eigenvalue weighted by molar-refractivity contribution is 5.86. The Bertz CT molecular complexity index is 582. The van der Waals surface area contributed by atoms with E-state index < -0.39 is 5.60 Å². The van der Waals surface area contributed by atoms with E-state index in [1.54, 1.807) is 0 Å². The maximum absolute atomic E-state index is 12.8. The Morgan fingerprint density at radius 3 is 2.85 bits per heavy atom. The Hall–Kier alpha value is -1.40. The van der Waals surface area contributed by atoms with Gasteiger partial charge in [0.1, 0.15) is 0 Å². The van der Waals surface area contributed by atoms with Crippen molar-refractivity contribution < 1.29 is 9.90 Å². The summed E-state index contributed by atoms with van der Waals surface area (Å²) in [4.78, 5) is 14.7. The van der Waals surface area contributed by atoms with Crippen molar-refractivity contribution in [3.05, 3.63) is 18.0 Å². The molecule has 1 aromatic rings. The van der Waals surface area contributed by atoms with Crippen LogP contribution in [0.15, 0.2) is 12.4 Å². The van der Waals surface area contributed by atoms with Crippen molar-refractivity contribution in [1.29, 1.82) is 0 Å². The lowest BCUT2D eigenvalue weighted by molar-refractivity contribution is -0.156. The molecule has 2 aliphatic rings. The molecule has 146 valence electrons. The molecule has 26 heavy (non-hydrogen) atoms. The molecule has 3 rings (SSSR count). The largest absolute Gasteiger partial charge is 0.379 e. The highest BCUT2D eigenvalue weighted by Gasteiger charge is 2.41. The summed E-state index contributed by atoms with van der Waals surface area (Å²) in [6, 6.07) is 0. The molecule has 0 bridgehead atoms. The van der Waals surface area contributed by atoms with E-state index in [2.05, 4.69) is 17.3 Å². The van der Waals surface area contributed by atoms with Crippen LogP contribution >= 0.6 is 0 Å². The van der Waals surface area contributed by atoms with Crippen LogP contribution in [0.1, 0.15) is 63.9 Å². The normalized spacial score (nSPS) is 25.0. The van der Waals surface area contributed by atoms with E-state index >= 15 is 0 Å². The van der Waals surface area contributed by atoms with Crippen molar-refractivity contribution in [1.82, 2.24) is 20.0 Å². The van der Waals surface area contributed by atoms with Gasteiger partial charge in [-0.2, -0.15) is 5.10 Å². The van der Waals surface area contributed by atoms with E-state index in [4.69, 9.17) is 0 Å². The predicted molar refractivity (Wildman–Crippen MR) is 102 cm³/mol. The smallest absolute Gasteiger partial charge is 0.255 e. The van der Waals surface area contributed by atoms with Crippen molar-refractivity contribution in [2.24, 2.45) is 5.92 Å². The number of hydrogen-bond donors (Lipinski definition) is 2. The summed E-state index contributed by atoms with van der Waals surface area (Å²) in [6.07, 6.45) is 13.0. The average molecular weight is 363 g/mol. The summed E-state index contributed by atoms with van der Waals surface area (Å²) < 4.78 is 1.88. The molecule has 6 nitrogen and oxygen atoms in total. The van der Waals surface area contributed by atoms with E-state index in [1.807, 2.05) is 22.0 Å². The second-order valence-corrected chi connectivity index (χ2v) is 8.03. The third kappa shape index (κ3) is 4.86. The molecule has 2 heterocycles. The van der Waals surface area contributed by atoms with Gasteiger partial charge in [-0.15, -0.1) is 0 Å². The van der Waals surface area contributed by atoms with E-state index in [-0.39, 0.29) is 5.91 Å². The molecule has 1 amide bonds. The Morgan fingerprint density at radius 2 is 2.12 bits per heavy atom. The monoisotopic (exact) mass is 362 g/mol. The van der Waals surface area contributed by atoms with Crippen LogP contribution in [0.5, 0.6) is 0 Å². The molecule has 0 spiro atoms. The molecular formula is C20H34N4O2. The minimum atomic E-state index is -1.26. The number of rotatable bonds is 8. The van der Waals surface area contributed by atoms with Crippen molar-refractivity contribution in [3.63, 3.8) is 0 Å². The molecular weight excluding hydrogens is 328 g/mol. The van der Waals surface area contributed by atoms with E-state index in [0.717, 1.165) is 44.0 Å². The van der Waals surface area contributed by atoms with Gasteiger partial charge in [-0.3, -0.25) is 9.48 Å². The van der Waals surface area contributed by atoms with Crippen LogP contribution in [-0.2, 0) is 17.9 Å². The second kappa shape index (κ2) is 9.00. The summed E-state index contributed by atoms with van der Waals surface area (Å²) in [6.45, 7) is 5.42. The number of carbonyl (C=O) groups excluding carboxylic acids is 1. The lowest BCUT2D eigenvalue weighted by atomic mass is 9.86. The molecule has 0 radical (unpaired) electrons. The Labute approximate surface area is 156 Å². The van der Waals surface area contributed by atoms with Crippen LogP contribution in [0.4, 0.5) is 0 Å². The van der Waals surface area contributed by atoms with Crippen molar-refractivity contribution in [2.75, 3.05) is 19.6 Å². The van der Waals surface area contributed by atoms with Gasteiger partial charge in [0.05, 0.1) is 6.20 Å². The van der Waals surface area contributed by atoms with Gasteiger partial charge in [0, 0.05) is 44.5 Å². The molecule has 1 aromatic heterocycles. The van der Waals surface area contributed by atoms with Gasteiger partial charge in [-0.1, -0.05) is 32.1 Å². The highest BCUT2D eigenvalue weighted by Crippen LogP contribution is 2.28. The lowest BCUT2D eigenvalue weighted by Gasteiger charge is -2.39. The Kier molecular flexibility index (Phi) is 6.70. The highest BCUT2D eigenvalue weighted by atomic mass is 16.3. The van der Waals surface area contributed by atoms with Crippen LogP contribution in [0.3, 0.4) is 0 Å². The minimum Gasteiger partial charge on any atom is -0.379 e. The van der Waals surface area contributed by atoms with Gasteiger partial charge in [-0.25, -0.2) is 0 Å². The van der Waals surface area contributed by atoms with E-state index in [0.29, 0.717) is 19.5 Å². The molecule has 0 aromatic carbocycles. The number of amides is 1. The average Bonchev–Trinajstić information content (AvgIpc) is 3.12. The van der Waals surface area contributed by atoms with Crippen molar-refractivity contribution >= 4 is 5.91 Å².